The summed E-state index contributed by atoms with van der Waals surface area (Å²) in [6.07, 6.45) is 0. The molecular formula is C13H15AgCl2N2O2. The van der Waals surface area contributed by atoms with Gasteiger partial charge in [0.25, 0.3) is 5.97 Å². The summed E-state index contributed by atoms with van der Waals surface area (Å²) in [5.41, 5.74) is 1.20. The monoisotopic (exact) mass is 408 g/mol. The fourth-order valence-electron chi connectivity index (χ4n) is 1.46. The molecule has 1 aliphatic rings. The van der Waals surface area contributed by atoms with Gasteiger partial charge < -0.3 is 14.9 Å². The Morgan fingerprint density at radius 2 is 1.75 bits per heavy atom. The molecule has 0 fully saturated rings. The predicted octanol–water partition coefficient (Wildman–Crippen LogP) is 3.25. The molecule has 0 atom stereocenters. The Hall–Kier alpha value is -0.650. The number of benzene rings is 1. The second-order valence-corrected chi connectivity index (χ2v) is 4.66. The number of halogens is 2. The molecule has 1 N–H and O–H groups in total. The summed E-state index contributed by atoms with van der Waals surface area (Å²) >= 11 is 12.0. The van der Waals surface area contributed by atoms with E-state index in [2.05, 4.69) is 12.1 Å². The van der Waals surface area contributed by atoms with Crippen LogP contribution in [-0.2, 0) is 33.7 Å². The zero-order chi connectivity index (χ0) is 14.4. The van der Waals surface area contributed by atoms with Crippen LogP contribution in [0.5, 0.6) is 0 Å². The summed E-state index contributed by atoms with van der Waals surface area (Å²) in [5.74, 6) is -0.833. The standard InChI is InChI=1S/C11H11Cl2N2.C2H4O2.Ag/c1-14-8-15(11(13)10(14)12)7-9-5-3-2-4-6-9;1-2(3)4;/h2-6,8H,7H2,1H3;1H3,(H,3,4);/q-1;;+1. The first-order valence-corrected chi connectivity index (χ1v) is 6.30. The molecule has 2 rings (SSSR count). The van der Waals surface area contributed by atoms with Gasteiger partial charge in [0.2, 0.25) is 0 Å². The maximum absolute atomic E-state index is 9.00. The van der Waals surface area contributed by atoms with Crippen molar-refractivity contribution in [3.05, 3.63) is 52.9 Å². The maximum Gasteiger partial charge on any atom is 1.00 e. The van der Waals surface area contributed by atoms with E-state index in [1.807, 2.05) is 36.8 Å². The zero-order valence-corrected chi connectivity index (χ0v) is 14.0. The minimum absolute atomic E-state index is 0. The van der Waals surface area contributed by atoms with E-state index in [1.165, 1.54) is 5.56 Å². The Bertz CT molecular complexity index is 465. The van der Waals surface area contributed by atoms with Gasteiger partial charge in [-0.05, 0) is 12.6 Å². The third-order valence-electron chi connectivity index (χ3n) is 2.24. The van der Waals surface area contributed by atoms with Gasteiger partial charge in [-0.15, -0.1) is 0 Å². The van der Waals surface area contributed by atoms with Gasteiger partial charge in [0.15, 0.2) is 0 Å². The van der Waals surface area contributed by atoms with Crippen molar-refractivity contribution in [1.82, 2.24) is 9.80 Å². The van der Waals surface area contributed by atoms with Crippen LogP contribution in [0.3, 0.4) is 0 Å². The van der Waals surface area contributed by atoms with Crippen LogP contribution in [0.15, 0.2) is 40.6 Å². The molecule has 0 aliphatic carbocycles. The first kappa shape index (κ1) is 19.4. The average Bonchev–Trinajstić information content (AvgIpc) is 2.58. The topological polar surface area (TPSA) is 43.8 Å². The Morgan fingerprint density at radius 3 is 2.15 bits per heavy atom. The van der Waals surface area contributed by atoms with E-state index in [9.17, 15) is 0 Å². The van der Waals surface area contributed by atoms with Gasteiger partial charge in [-0.1, -0.05) is 53.5 Å². The summed E-state index contributed by atoms with van der Waals surface area (Å²) in [6, 6.07) is 10.1. The SMILES string of the molecule is CC(=O)O.CN1[CH-]N(Cc2ccccc2)C(Cl)=C1Cl.[Ag+]. The number of hydrogen-bond acceptors (Lipinski definition) is 3. The van der Waals surface area contributed by atoms with Gasteiger partial charge in [-0.25, -0.2) is 0 Å². The van der Waals surface area contributed by atoms with Gasteiger partial charge in [0.05, 0.1) is 0 Å². The minimum atomic E-state index is -0.833. The van der Waals surface area contributed by atoms with Gasteiger partial charge in [-0.3, -0.25) is 4.79 Å². The van der Waals surface area contributed by atoms with Crippen molar-refractivity contribution >= 4 is 29.2 Å². The van der Waals surface area contributed by atoms with Crippen LogP contribution in [0.25, 0.3) is 0 Å². The maximum atomic E-state index is 9.00. The minimum Gasteiger partial charge on any atom is -0.494 e. The predicted molar refractivity (Wildman–Crippen MR) is 76.1 cm³/mol. The van der Waals surface area contributed by atoms with Crippen molar-refractivity contribution in [1.29, 1.82) is 0 Å². The quantitative estimate of drug-likeness (QED) is 0.462. The second kappa shape index (κ2) is 9.32. The number of nitrogens with zero attached hydrogens (tertiary/aromatic N) is 2. The van der Waals surface area contributed by atoms with E-state index in [4.69, 9.17) is 33.1 Å². The Labute approximate surface area is 144 Å². The summed E-state index contributed by atoms with van der Waals surface area (Å²) in [7, 11) is 1.87. The normalized spacial score (nSPS) is 13.6. The fourth-order valence-corrected chi connectivity index (χ4v) is 1.85. The third kappa shape index (κ3) is 6.20. The molecule has 1 aromatic rings. The van der Waals surface area contributed by atoms with E-state index in [0.29, 0.717) is 10.3 Å². The van der Waals surface area contributed by atoms with Gasteiger partial charge >= 0.3 is 22.4 Å². The number of rotatable bonds is 2. The van der Waals surface area contributed by atoms with E-state index < -0.39 is 5.97 Å². The molecule has 0 amide bonds. The van der Waals surface area contributed by atoms with Crippen molar-refractivity contribution in [3.63, 3.8) is 0 Å². The smallest absolute Gasteiger partial charge is 0.494 e. The van der Waals surface area contributed by atoms with Crippen LogP contribution < -0.4 is 0 Å². The molecule has 4 nitrogen and oxygen atoms in total. The Balaban J connectivity index is 0.000000644. The molecule has 0 bridgehead atoms. The van der Waals surface area contributed by atoms with Gasteiger partial charge in [0.1, 0.15) is 10.3 Å². The first-order chi connectivity index (χ1) is 8.91. The van der Waals surface area contributed by atoms with E-state index in [1.54, 1.807) is 4.90 Å². The Kier molecular flexibility index (Phi) is 9.01. The van der Waals surface area contributed by atoms with Crippen LogP contribution >= 0.6 is 23.2 Å². The molecule has 0 unspecified atom stereocenters. The summed E-state index contributed by atoms with van der Waals surface area (Å²) in [6.45, 7) is 3.71. The molecule has 0 aromatic heterocycles. The molecule has 0 spiro atoms. The van der Waals surface area contributed by atoms with E-state index in [-0.39, 0.29) is 22.4 Å². The summed E-state index contributed by atoms with van der Waals surface area (Å²) < 4.78 is 0. The van der Waals surface area contributed by atoms with Gasteiger partial charge in [-0.2, -0.15) is 6.67 Å². The molecule has 0 saturated carbocycles. The second-order valence-electron chi connectivity index (χ2n) is 3.94. The van der Waals surface area contributed by atoms with Crippen molar-refractivity contribution < 1.29 is 32.3 Å². The number of carboxylic acid groups (broad SMARTS) is 1. The molecule has 1 heterocycles. The van der Waals surface area contributed by atoms with Crippen LogP contribution in [0.4, 0.5) is 0 Å². The van der Waals surface area contributed by atoms with E-state index in [0.717, 1.165) is 13.5 Å². The zero-order valence-electron chi connectivity index (χ0n) is 11.0. The van der Waals surface area contributed by atoms with Crippen LogP contribution in [0.1, 0.15) is 12.5 Å². The van der Waals surface area contributed by atoms with E-state index >= 15 is 0 Å². The van der Waals surface area contributed by atoms with Crippen molar-refractivity contribution in [3.8, 4) is 0 Å². The van der Waals surface area contributed by atoms with Crippen molar-refractivity contribution in [2.45, 2.75) is 13.5 Å². The fraction of sp³-hybridized carbons (Fsp3) is 0.231. The molecule has 114 valence electrons. The summed E-state index contributed by atoms with van der Waals surface area (Å²) in [5, 5.41) is 8.55. The summed E-state index contributed by atoms with van der Waals surface area (Å²) in [4.78, 5) is 12.7. The number of hydrogen-bond donors (Lipinski definition) is 1. The van der Waals surface area contributed by atoms with Crippen LogP contribution in [-0.4, -0.2) is 27.9 Å². The van der Waals surface area contributed by atoms with Crippen LogP contribution in [0.2, 0.25) is 0 Å². The van der Waals surface area contributed by atoms with Gasteiger partial charge in [0, 0.05) is 13.5 Å². The number of aliphatic carboxylic acids is 1. The number of carboxylic acids is 1. The molecule has 0 radical (unpaired) electrons. The average molecular weight is 410 g/mol. The molecular weight excluding hydrogens is 395 g/mol. The largest absolute Gasteiger partial charge is 1.00 e. The molecule has 0 saturated heterocycles. The molecule has 20 heavy (non-hydrogen) atoms. The van der Waals surface area contributed by atoms with Crippen LogP contribution in [0, 0.1) is 6.67 Å². The molecule has 1 aliphatic heterocycles. The van der Waals surface area contributed by atoms with Crippen molar-refractivity contribution in [2.75, 3.05) is 7.05 Å². The number of carbonyl (C=O) groups is 1. The Morgan fingerprint density at radius 1 is 1.25 bits per heavy atom. The first-order valence-electron chi connectivity index (χ1n) is 5.55. The third-order valence-corrected chi connectivity index (χ3v) is 3.18. The van der Waals surface area contributed by atoms with Crippen molar-refractivity contribution in [2.24, 2.45) is 0 Å². The molecule has 1 aromatic carbocycles. The molecule has 7 heteroatoms.